The van der Waals surface area contributed by atoms with Gasteiger partial charge < -0.3 is 19.7 Å². The van der Waals surface area contributed by atoms with E-state index in [2.05, 4.69) is 5.32 Å². The van der Waals surface area contributed by atoms with E-state index in [-0.39, 0.29) is 42.8 Å². The Morgan fingerprint density at radius 3 is 2.59 bits per heavy atom. The van der Waals surface area contributed by atoms with Gasteiger partial charge in [-0.3, -0.25) is 9.59 Å². The van der Waals surface area contributed by atoms with Gasteiger partial charge in [-0.1, -0.05) is 18.2 Å². The Bertz CT molecular complexity index is 756. The van der Waals surface area contributed by atoms with E-state index in [1.807, 2.05) is 0 Å². The van der Waals surface area contributed by atoms with Crippen molar-refractivity contribution in [3.8, 4) is 0 Å². The lowest BCUT2D eigenvalue weighted by molar-refractivity contribution is -0.136. The first-order chi connectivity index (χ1) is 13.9. The molecular formula is C19H29N3O6S. The number of amides is 2. The highest BCUT2D eigenvalue weighted by atomic mass is 32.2. The summed E-state index contributed by atoms with van der Waals surface area (Å²) in [6, 6.07) is 8.14. The smallest absolute Gasteiger partial charge is 0.248 e. The van der Waals surface area contributed by atoms with E-state index in [1.165, 1.54) is 16.4 Å². The Morgan fingerprint density at radius 2 is 1.86 bits per heavy atom. The van der Waals surface area contributed by atoms with Gasteiger partial charge in [0.25, 0.3) is 0 Å². The van der Waals surface area contributed by atoms with Crippen molar-refractivity contribution < 1.29 is 27.5 Å². The van der Waals surface area contributed by atoms with E-state index in [0.29, 0.717) is 39.3 Å². The van der Waals surface area contributed by atoms with Crippen LogP contribution in [0.3, 0.4) is 0 Å². The van der Waals surface area contributed by atoms with Crippen LogP contribution in [0.15, 0.2) is 35.2 Å². The molecule has 1 N–H and O–H groups in total. The normalized spacial score (nSPS) is 17.4. The number of nitrogens with zero attached hydrogens (tertiary/aromatic N) is 2. The molecule has 1 heterocycles. The van der Waals surface area contributed by atoms with Crippen molar-refractivity contribution in [3.63, 3.8) is 0 Å². The molecule has 162 valence electrons. The van der Waals surface area contributed by atoms with Crippen molar-refractivity contribution in [2.75, 3.05) is 59.7 Å². The molecule has 9 nitrogen and oxygen atoms in total. The number of ether oxygens (including phenoxy) is 2. The molecule has 0 saturated carbocycles. The molecule has 0 unspecified atom stereocenters. The van der Waals surface area contributed by atoms with Crippen LogP contribution in [-0.2, 0) is 29.1 Å². The Hall–Kier alpha value is -2.01. The second-order valence-electron chi connectivity index (χ2n) is 6.60. The quantitative estimate of drug-likeness (QED) is 0.618. The van der Waals surface area contributed by atoms with Crippen molar-refractivity contribution in [2.45, 2.75) is 17.7 Å². The molecule has 29 heavy (non-hydrogen) atoms. The molecule has 0 radical (unpaired) electrons. The maximum absolute atomic E-state index is 12.9. The molecule has 2 amide bonds. The van der Waals surface area contributed by atoms with Gasteiger partial charge in [-0.15, -0.1) is 0 Å². The maximum Gasteiger partial charge on any atom is 0.248 e. The van der Waals surface area contributed by atoms with Crippen molar-refractivity contribution in [1.82, 2.24) is 14.5 Å². The van der Waals surface area contributed by atoms with Gasteiger partial charge in [0.05, 0.1) is 18.1 Å². The van der Waals surface area contributed by atoms with Gasteiger partial charge in [-0.25, -0.2) is 8.42 Å². The number of nitrogens with one attached hydrogen (secondary N) is 1. The molecule has 0 aliphatic carbocycles. The molecule has 0 aromatic heterocycles. The molecule has 1 fully saturated rings. The summed E-state index contributed by atoms with van der Waals surface area (Å²) in [5.74, 6) is -0.448. The van der Waals surface area contributed by atoms with Gasteiger partial charge in [-0.05, 0) is 18.6 Å². The second-order valence-corrected chi connectivity index (χ2v) is 8.53. The van der Waals surface area contributed by atoms with E-state index in [4.69, 9.17) is 9.47 Å². The summed E-state index contributed by atoms with van der Waals surface area (Å²) in [6.07, 6.45) is 0.532. The van der Waals surface area contributed by atoms with E-state index in [9.17, 15) is 18.0 Å². The van der Waals surface area contributed by atoms with Gasteiger partial charge in [0, 0.05) is 46.3 Å². The minimum absolute atomic E-state index is 0.0696. The van der Waals surface area contributed by atoms with Crippen LogP contribution in [0.2, 0.25) is 0 Å². The number of carbonyl (C=O) groups is 2. The molecule has 1 aliphatic heterocycles. The Morgan fingerprint density at radius 1 is 1.10 bits per heavy atom. The third kappa shape index (κ3) is 7.39. The van der Waals surface area contributed by atoms with Crippen LogP contribution in [0.4, 0.5) is 0 Å². The summed E-state index contributed by atoms with van der Waals surface area (Å²) < 4.78 is 37.4. The molecule has 0 bridgehead atoms. The third-order valence-electron chi connectivity index (χ3n) is 4.52. The molecule has 2 rings (SSSR count). The van der Waals surface area contributed by atoms with Crippen LogP contribution >= 0.6 is 0 Å². The fourth-order valence-electron chi connectivity index (χ4n) is 2.93. The third-order valence-corrected chi connectivity index (χ3v) is 6.43. The number of benzene rings is 1. The van der Waals surface area contributed by atoms with Crippen LogP contribution in [-0.4, -0.2) is 89.1 Å². The molecule has 10 heteroatoms. The summed E-state index contributed by atoms with van der Waals surface area (Å²) in [6.45, 7) is 1.99. The maximum atomic E-state index is 12.9. The topological polar surface area (TPSA) is 105 Å². The fourth-order valence-corrected chi connectivity index (χ4v) is 4.43. The van der Waals surface area contributed by atoms with Crippen LogP contribution < -0.4 is 5.32 Å². The average molecular weight is 428 g/mol. The number of sulfonamides is 1. The van der Waals surface area contributed by atoms with Crippen LogP contribution in [0.25, 0.3) is 0 Å². The molecule has 0 spiro atoms. The van der Waals surface area contributed by atoms with Crippen LogP contribution in [0.1, 0.15) is 12.8 Å². The lowest BCUT2D eigenvalue weighted by Crippen LogP contribution is -2.41. The predicted molar refractivity (Wildman–Crippen MR) is 107 cm³/mol. The first-order valence-corrected chi connectivity index (χ1v) is 11.1. The number of hydrogen-bond donors (Lipinski definition) is 1. The molecule has 1 aromatic carbocycles. The van der Waals surface area contributed by atoms with Crippen LogP contribution in [0, 0.1) is 0 Å². The number of rotatable bonds is 7. The number of methoxy groups -OCH3 is 1. The summed E-state index contributed by atoms with van der Waals surface area (Å²) in [4.78, 5) is 26.3. The van der Waals surface area contributed by atoms with E-state index in [0.717, 1.165) is 0 Å². The molecule has 1 saturated heterocycles. The molecule has 0 atom stereocenters. The summed E-state index contributed by atoms with van der Waals surface area (Å²) in [7, 11) is -2.16. The van der Waals surface area contributed by atoms with E-state index < -0.39 is 10.0 Å². The largest absolute Gasteiger partial charge is 0.382 e. The number of carbonyl (C=O) groups excluding carboxylic acids is 2. The molecular weight excluding hydrogens is 398 g/mol. The van der Waals surface area contributed by atoms with Crippen molar-refractivity contribution >= 4 is 21.8 Å². The fraction of sp³-hybridized carbons (Fsp3) is 0.579. The van der Waals surface area contributed by atoms with Gasteiger partial charge in [0.15, 0.2) is 0 Å². The zero-order valence-electron chi connectivity index (χ0n) is 16.7. The zero-order valence-corrected chi connectivity index (χ0v) is 17.5. The average Bonchev–Trinajstić information content (AvgIpc) is 2.76. The lowest BCUT2D eigenvalue weighted by atomic mass is 10.3. The van der Waals surface area contributed by atoms with Gasteiger partial charge in [-0.2, -0.15) is 4.31 Å². The summed E-state index contributed by atoms with van der Waals surface area (Å²) in [5, 5.41) is 2.74. The zero-order chi connectivity index (χ0) is 21.1. The lowest BCUT2D eigenvalue weighted by Gasteiger charge is -2.24. The van der Waals surface area contributed by atoms with Crippen LogP contribution in [0.5, 0.6) is 0 Å². The van der Waals surface area contributed by atoms with Crippen molar-refractivity contribution in [3.05, 3.63) is 30.3 Å². The molecule has 1 aliphatic rings. The summed E-state index contributed by atoms with van der Waals surface area (Å²) in [5.41, 5.74) is 0. The Kier molecular flexibility index (Phi) is 9.52. The van der Waals surface area contributed by atoms with Gasteiger partial charge in [0.1, 0.15) is 6.61 Å². The standard InChI is InChI=1S/C19H29N3O6S/c1-27-14-15-28-16-19(24)21-10-5-11-22(12-8-18(23)20-9-13-21)29(25,26)17-6-3-2-4-7-17/h2-4,6-7H,5,8-16H2,1H3,(H,20,23). The Balaban J connectivity index is 2.04. The van der Waals surface area contributed by atoms with Crippen molar-refractivity contribution in [2.24, 2.45) is 0 Å². The van der Waals surface area contributed by atoms with E-state index in [1.54, 1.807) is 30.2 Å². The first-order valence-electron chi connectivity index (χ1n) is 9.61. The molecule has 1 aromatic rings. The minimum atomic E-state index is -3.71. The van der Waals surface area contributed by atoms with Gasteiger partial charge in [0.2, 0.25) is 21.8 Å². The minimum Gasteiger partial charge on any atom is -0.382 e. The monoisotopic (exact) mass is 427 g/mol. The second kappa shape index (κ2) is 11.9. The van der Waals surface area contributed by atoms with Crippen molar-refractivity contribution in [1.29, 1.82) is 0 Å². The first kappa shape index (κ1) is 23.3. The number of hydrogen-bond acceptors (Lipinski definition) is 6. The Labute approximate surface area is 172 Å². The highest BCUT2D eigenvalue weighted by Gasteiger charge is 2.25. The van der Waals surface area contributed by atoms with Gasteiger partial charge >= 0.3 is 0 Å². The SMILES string of the molecule is COCCOCC(=O)N1CCCN(S(=O)(=O)c2ccccc2)CCC(=O)NCC1. The highest BCUT2D eigenvalue weighted by Crippen LogP contribution is 2.16. The highest BCUT2D eigenvalue weighted by molar-refractivity contribution is 7.89. The van der Waals surface area contributed by atoms with E-state index >= 15 is 0 Å². The predicted octanol–water partition coefficient (Wildman–Crippen LogP) is 0.0789. The summed E-state index contributed by atoms with van der Waals surface area (Å²) >= 11 is 0.